The maximum atomic E-state index is 12.3. The van der Waals surface area contributed by atoms with Gasteiger partial charge in [0.05, 0.1) is 0 Å². The van der Waals surface area contributed by atoms with Crippen molar-refractivity contribution in [3.8, 4) is 22.8 Å². The fraction of sp³-hybridized carbons (Fsp3) is 0.188. The van der Waals surface area contributed by atoms with Gasteiger partial charge in [0.15, 0.2) is 11.5 Å². The van der Waals surface area contributed by atoms with Gasteiger partial charge in [0, 0.05) is 23.7 Å². The first-order chi connectivity index (χ1) is 10.8. The van der Waals surface area contributed by atoms with Crippen LogP contribution in [0.25, 0.3) is 22.2 Å². The number of fused-ring (bicyclic) bond motifs is 2. The summed E-state index contributed by atoms with van der Waals surface area (Å²) in [4.78, 5) is 16.5. The van der Waals surface area contributed by atoms with E-state index in [1.165, 1.54) is 4.68 Å². The number of ether oxygens (including phenoxy) is 2. The molecule has 0 spiro atoms. The average molecular weight is 295 g/mol. The minimum Gasteiger partial charge on any atom is -0.454 e. The highest BCUT2D eigenvalue weighted by Crippen LogP contribution is 2.36. The molecule has 1 aromatic carbocycles. The van der Waals surface area contributed by atoms with Crippen molar-refractivity contribution in [2.75, 3.05) is 6.79 Å². The van der Waals surface area contributed by atoms with Gasteiger partial charge in [-0.15, -0.1) is 0 Å². The van der Waals surface area contributed by atoms with E-state index in [1.807, 2.05) is 31.2 Å². The van der Waals surface area contributed by atoms with Crippen LogP contribution in [0, 0.1) is 0 Å². The van der Waals surface area contributed by atoms with Gasteiger partial charge < -0.3 is 9.47 Å². The first-order valence-corrected chi connectivity index (χ1v) is 7.04. The van der Waals surface area contributed by atoms with Crippen molar-refractivity contribution in [3.05, 3.63) is 46.9 Å². The topological polar surface area (TPSA) is 66.2 Å². The SMILES string of the molecule is CCn1nc(-c2ccc3c(c2)OCO3)c2cccnc2c1=O. The summed E-state index contributed by atoms with van der Waals surface area (Å²) >= 11 is 0. The van der Waals surface area contributed by atoms with Gasteiger partial charge in [-0.3, -0.25) is 9.78 Å². The molecule has 0 fully saturated rings. The second-order valence-electron chi connectivity index (χ2n) is 4.94. The number of pyridine rings is 1. The Balaban J connectivity index is 2.02. The fourth-order valence-electron chi connectivity index (χ4n) is 2.58. The Kier molecular flexibility index (Phi) is 2.82. The predicted octanol–water partition coefficient (Wildman–Crippen LogP) is 2.21. The Morgan fingerprint density at radius 3 is 2.95 bits per heavy atom. The Labute approximate surface area is 125 Å². The predicted molar refractivity (Wildman–Crippen MR) is 81.0 cm³/mol. The zero-order chi connectivity index (χ0) is 15.1. The van der Waals surface area contributed by atoms with Crippen molar-refractivity contribution in [3.63, 3.8) is 0 Å². The van der Waals surface area contributed by atoms with Crippen LogP contribution in [-0.2, 0) is 6.54 Å². The average Bonchev–Trinajstić information content (AvgIpc) is 3.03. The number of aryl methyl sites for hydroxylation is 1. The van der Waals surface area contributed by atoms with E-state index in [2.05, 4.69) is 10.1 Å². The monoisotopic (exact) mass is 295 g/mol. The zero-order valence-corrected chi connectivity index (χ0v) is 11.9. The quantitative estimate of drug-likeness (QED) is 0.725. The van der Waals surface area contributed by atoms with Gasteiger partial charge in [-0.2, -0.15) is 5.10 Å². The lowest BCUT2D eigenvalue weighted by molar-refractivity contribution is 0.174. The van der Waals surface area contributed by atoms with E-state index in [-0.39, 0.29) is 12.4 Å². The molecule has 0 saturated heterocycles. The fourth-order valence-corrected chi connectivity index (χ4v) is 2.58. The molecule has 22 heavy (non-hydrogen) atoms. The summed E-state index contributed by atoms with van der Waals surface area (Å²) in [6.45, 7) is 2.60. The van der Waals surface area contributed by atoms with Gasteiger partial charge in [-0.25, -0.2) is 4.68 Å². The van der Waals surface area contributed by atoms with E-state index in [0.29, 0.717) is 23.5 Å². The van der Waals surface area contributed by atoms with Crippen LogP contribution in [-0.4, -0.2) is 21.6 Å². The molecule has 0 radical (unpaired) electrons. The van der Waals surface area contributed by atoms with Crippen LogP contribution < -0.4 is 15.0 Å². The molecule has 0 aliphatic carbocycles. The number of benzene rings is 1. The zero-order valence-electron chi connectivity index (χ0n) is 11.9. The third kappa shape index (κ3) is 1.84. The standard InChI is InChI=1S/C16H13N3O3/c1-2-19-16(20)15-11(4-3-7-17-15)14(18-19)10-5-6-12-13(8-10)22-9-21-12/h3-8H,2,9H2,1H3. The van der Waals surface area contributed by atoms with Gasteiger partial charge >= 0.3 is 0 Å². The van der Waals surface area contributed by atoms with Crippen molar-refractivity contribution in [1.82, 2.24) is 14.8 Å². The number of hydrogen-bond donors (Lipinski definition) is 0. The van der Waals surface area contributed by atoms with E-state index in [9.17, 15) is 4.79 Å². The number of nitrogens with zero attached hydrogens (tertiary/aromatic N) is 3. The molecule has 2 aromatic heterocycles. The van der Waals surface area contributed by atoms with Crippen LogP contribution in [0.5, 0.6) is 11.5 Å². The third-order valence-electron chi connectivity index (χ3n) is 3.67. The Morgan fingerprint density at radius 1 is 1.23 bits per heavy atom. The molecule has 0 unspecified atom stereocenters. The van der Waals surface area contributed by atoms with E-state index >= 15 is 0 Å². The molecular formula is C16H13N3O3. The Hall–Kier alpha value is -2.89. The molecule has 1 aliphatic heterocycles. The molecule has 1 aliphatic rings. The summed E-state index contributed by atoms with van der Waals surface area (Å²) in [5, 5.41) is 5.21. The molecule has 6 heteroatoms. The van der Waals surface area contributed by atoms with Crippen LogP contribution in [0.2, 0.25) is 0 Å². The van der Waals surface area contributed by atoms with Crippen LogP contribution >= 0.6 is 0 Å². The van der Waals surface area contributed by atoms with Crippen LogP contribution in [0.15, 0.2) is 41.3 Å². The highest BCUT2D eigenvalue weighted by atomic mass is 16.7. The van der Waals surface area contributed by atoms with Gasteiger partial charge in [0.25, 0.3) is 5.56 Å². The molecule has 110 valence electrons. The van der Waals surface area contributed by atoms with Crippen LogP contribution in [0.3, 0.4) is 0 Å². The first-order valence-electron chi connectivity index (χ1n) is 7.04. The maximum Gasteiger partial charge on any atom is 0.293 e. The van der Waals surface area contributed by atoms with Gasteiger partial charge in [0.2, 0.25) is 6.79 Å². The van der Waals surface area contributed by atoms with Crippen molar-refractivity contribution >= 4 is 10.9 Å². The van der Waals surface area contributed by atoms with Crippen LogP contribution in [0.1, 0.15) is 6.92 Å². The minimum atomic E-state index is -0.178. The lowest BCUT2D eigenvalue weighted by atomic mass is 10.1. The summed E-state index contributed by atoms with van der Waals surface area (Å²) < 4.78 is 12.2. The summed E-state index contributed by atoms with van der Waals surface area (Å²) in [7, 11) is 0. The smallest absolute Gasteiger partial charge is 0.293 e. The minimum absolute atomic E-state index is 0.178. The second-order valence-corrected chi connectivity index (χ2v) is 4.94. The molecule has 0 N–H and O–H groups in total. The lowest BCUT2D eigenvalue weighted by Crippen LogP contribution is -2.23. The summed E-state index contributed by atoms with van der Waals surface area (Å²) in [6.07, 6.45) is 1.62. The normalized spacial score (nSPS) is 12.8. The van der Waals surface area contributed by atoms with E-state index < -0.39 is 0 Å². The second kappa shape index (κ2) is 4.84. The molecule has 3 aromatic rings. The number of aromatic nitrogens is 3. The lowest BCUT2D eigenvalue weighted by Gasteiger charge is -2.09. The number of hydrogen-bond acceptors (Lipinski definition) is 5. The van der Waals surface area contributed by atoms with E-state index in [0.717, 1.165) is 16.7 Å². The molecular weight excluding hydrogens is 282 g/mol. The van der Waals surface area contributed by atoms with Gasteiger partial charge in [0.1, 0.15) is 11.2 Å². The van der Waals surface area contributed by atoms with Crippen molar-refractivity contribution in [1.29, 1.82) is 0 Å². The van der Waals surface area contributed by atoms with Crippen molar-refractivity contribution in [2.45, 2.75) is 13.5 Å². The first kappa shape index (κ1) is 12.8. The van der Waals surface area contributed by atoms with E-state index in [1.54, 1.807) is 12.3 Å². The molecule has 3 heterocycles. The molecule has 0 amide bonds. The Bertz CT molecular complexity index is 934. The van der Waals surface area contributed by atoms with Crippen LogP contribution in [0.4, 0.5) is 0 Å². The molecule has 0 atom stereocenters. The molecule has 6 nitrogen and oxygen atoms in total. The molecule has 0 bridgehead atoms. The summed E-state index contributed by atoms with van der Waals surface area (Å²) in [5.41, 5.74) is 1.82. The summed E-state index contributed by atoms with van der Waals surface area (Å²) in [5.74, 6) is 1.40. The highest BCUT2D eigenvalue weighted by Gasteiger charge is 2.17. The highest BCUT2D eigenvalue weighted by molar-refractivity contribution is 5.91. The molecule has 0 saturated carbocycles. The molecule has 4 rings (SSSR count). The maximum absolute atomic E-state index is 12.3. The van der Waals surface area contributed by atoms with Crippen molar-refractivity contribution < 1.29 is 9.47 Å². The van der Waals surface area contributed by atoms with Gasteiger partial charge in [-0.1, -0.05) is 0 Å². The third-order valence-corrected chi connectivity index (χ3v) is 3.67. The largest absolute Gasteiger partial charge is 0.454 e. The summed E-state index contributed by atoms with van der Waals surface area (Å²) in [6, 6.07) is 9.30. The van der Waals surface area contributed by atoms with E-state index in [4.69, 9.17) is 9.47 Å². The van der Waals surface area contributed by atoms with Crippen molar-refractivity contribution in [2.24, 2.45) is 0 Å². The van der Waals surface area contributed by atoms with Gasteiger partial charge in [-0.05, 0) is 37.3 Å². The Morgan fingerprint density at radius 2 is 2.09 bits per heavy atom. The number of rotatable bonds is 2.